The SMILES string of the molecule is [O]=[Pr].[O]=[Y]. The van der Waals surface area contributed by atoms with Crippen LogP contribution in [0, 0.1) is 39.3 Å². The number of hydrogen-bond acceptors (Lipinski definition) is 2. The fraction of sp³-hybridized carbons (Fsp3) is 0. The summed E-state index contributed by atoms with van der Waals surface area (Å²) in [5.41, 5.74) is 0. The summed E-state index contributed by atoms with van der Waals surface area (Å²) in [5.74, 6) is 0. The Labute approximate surface area is 71.6 Å². The summed E-state index contributed by atoms with van der Waals surface area (Å²) >= 11 is 0.0167. The first-order valence-corrected chi connectivity index (χ1v) is 3.14. The molecule has 18 valence electrons. The van der Waals surface area contributed by atoms with E-state index in [0.717, 1.165) is 0 Å². The minimum absolute atomic E-state index is 0.0833. The van der Waals surface area contributed by atoms with Gasteiger partial charge >= 0.3 is 73.4 Å². The van der Waals surface area contributed by atoms with E-state index in [4.69, 9.17) is 3.04 Å². The molecule has 2 nitrogen and oxygen atoms in total. The predicted octanol–water partition coefficient (Wildman–Crippen LogP) is -0.240. The van der Waals surface area contributed by atoms with Crippen LogP contribution in [0.5, 0.6) is 0 Å². The number of rotatable bonds is 0. The van der Waals surface area contributed by atoms with Crippen LogP contribution in [0.3, 0.4) is 0 Å². The molecule has 0 aliphatic carbocycles. The van der Waals surface area contributed by atoms with Crippen molar-refractivity contribution in [1.29, 1.82) is 0 Å². The van der Waals surface area contributed by atoms with Crippen molar-refractivity contribution in [3.05, 3.63) is 0 Å². The quantitative estimate of drug-likeness (QED) is 0.603. The molecular formula is O2PrY. The average molecular weight is 262 g/mol. The van der Waals surface area contributed by atoms with Crippen molar-refractivity contribution in [2.45, 2.75) is 0 Å². The fourth-order valence-corrected chi connectivity index (χ4v) is 0. The normalized spacial score (nSPS) is 3.00. The molecule has 0 aromatic heterocycles. The third kappa shape index (κ3) is 8.95. The predicted molar refractivity (Wildman–Crippen MR) is 1.37 cm³/mol. The third-order valence-corrected chi connectivity index (χ3v) is 0. The van der Waals surface area contributed by atoms with E-state index in [1.165, 1.54) is 0 Å². The van der Waals surface area contributed by atoms with E-state index in [0.29, 0.717) is 0 Å². The molecule has 0 rings (SSSR count). The molecule has 0 N–H and O–H groups in total. The molecule has 0 heterocycles. The van der Waals surface area contributed by atoms with E-state index in [9.17, 15) is 0 Å². The first kappa shape index (κ1) is 9.42. The maximum atomic E-state index is 8.42. The van der Waals surface area contributed by atoms with E-state index >= 15 is 0 Å². The van der Waals surface area contributed by atoms with Crippen LogP contribution in [0.2, 0.25) is 0 Å². The van der Waals surface area contributed by atoms with Gasteiger partial charge in [0.05, 0.1) is 0 Å². The molecule has 0 amide bonds. The van der Waals surface area contributed by atoms with E-state index < -0.39 is 0 Å². The Kier molecular flexibility index (Phi) is 46.2. The average Bonchev–Trinajstić information content (AvgIpc) is 1.50. The van der Waals surface area contributed by atoms with Crippen molar-refractivity contribution < 1.29 is 73.4 Å². The van der Waals surface area contributed by atoms with Gasteiger partial charge in [-0.05, 0) is 0 Å². The molecule has 0 aliphatic heterocycles. The second kappa shape index (κ2) is 19.6. The van der Waals surface area contributed by atoms with Crippen molar-refractivity contribution in [1.82, 2.24) is 0 Å². The molecule has 0 saturated heterocycles. The van der Waals surface area contributed by atoms with Crippen LogP contribution < -0.4 is 0 Å². The zero-order chi connectivity index (χ0) is 4.00. The van der Waals surface area contributed by atoms with Gasteiger partial charge in [-0.15, -0.1) is 0 Å². The summed E-state index contributed by atoms with van der Waals surface area (Å²) in [6, 6.07) is 0. The molecule has 0 atom stereocenters. The van der Waals surface area contributed by atoms with Crippen LogP contribution in [0.15, 0.2) is 0 Å². The van der Waals surface area contributed by atoms with Crippen LogP contribution in [-0.4, -0.2) is 0 Å². The van der Waals surface area contributed by atoms with Crippen molar-refractivity contribution in [2.75, 3.05) is 0 Å². The van der Waals surface area contributed by atoms with Crippen LogP contribution in [0.25, 0.3) is 0 Å². The van der Waals surface area contributed by atoms with Crippen molar-refractivity contribution in [3.63, 3.8) is 0 Å². The third-order valence-electron chi connectivity index (χ3n) is 0. The molecule has 0 saturated carbocycles. The fourth-order valence-electron chi connectivity index (χ4n) is 0. The zero-order valence-corrected chi connectivity index (χ0v) is 8.51. The van der Waals surface area contributed by atoms with E-state index in [1.807, 2.05) is 0 Å². The summed E-state index contributed by atoms with van der Waals surface area (Å²) in [6.45, 7) is 0. The first-order valence-electron chi connectivity index (χ1n) is 0.471. The molecule has 0 fully saturated rings. The summed E-state index contributed by atoms with van der Waals surface area (Å²) < 4.78 is 16.8. The van der Waals surface area contributed by atoms with Gasteiger partial charge < -0.3 is 0 Å². The Balaban J connectivity index is 0. The number of hydrogen-bond donors (Lipinski definition) is 0. The second-order valence-corrected chi connectivity index (χ2v) is 0. The maximum absolute atomic E-state index is 8.42. The van der Waals surface area contributed by atoms with Gasteiger partial charge in [0.1, 0.15) is 0 Å². The Morgan fingerprint density at radius 2 is 1.25 bits per heavy atom. The van der Waals surface area contributed by atoms with Gasteiger partial charge in [0, 0.05) is 0 Å². The molecule has 0 spiro atoms. The molecule has 0 unspecified atom stereocenters. The van der Waals surface area contributed by atoms with Crippen LogP contribution >= 0.6 is 0 Å². The molecule has 0 bridgehead atoms. The molecule has 0 aromatic rings. The summed E-state index contributed by atoms with van der Waals surface area (Å²) in [6.07, 6.45) is 0. The van der Waals surface area contributed by atoms with E-state index in [2.05, 4.69) is 0 Å². The molecule has 4 heavy (non-hydrogen) atoms. The summed E-state index contributed by atoms with van der Waals surface area (Å²) in [5, 5.41) is 0. The summed E-state index contributed by atoms with van der Waals surface area (Å²) in [4.78, 5) is 0. The molecule has 0 radical (unpaired) electrons. The van der Waals surface area contributed by atoms with Gasteiger partial charge in [0.15, 0.2) is 0 Å². The Morgan fingerprint density at radius 1 is 1.25 bits per heavy atom. The standard InChI is InChI=1S/2O.Pr.Y. The van der Waals surface area contributed by atoms with Gasteiger partial charge in [-0.3, -0.25) is 0 Å². The second-order valence-electron chi connectivity index (χ2n) is 0. The molecular weight excluding hydrogens is 262 g/mol. The topological polar surface area (TPSA) is 34.1 Å². The van der Waals surface area contributed by atoms with Gasteiger partial charge in [0.2, 0.25) is 0 Å². The van der Waals surface area contributed by atoms with Gasteiger partial charge in [-0.25, -0.2) is 0 Å². The van der Waals surface area contributed by atoms with Gasteiger partial charge in [-0.1, -0.05) is 0 Å². The van der Waals surface area contributed by atoms with E-state index in [1.54, 1.807) is 0 Å². The molecule has 4 heteroatoms. The Hall–Kier alpha value is 2.07. The van der Waals surface area contributed by atoms with Crippen LogP contribution in [0.1, 0.15) is 0 Å². The van der Waals surface area contributed by atoms with E-state index in [-0.39, 0.29) is 70.3 Å². The molecule has 0 aromatic carbocycles. The van der Waals surface area contributed by atoms with Crippen molar-refractivity contribution >= 4 is 0 Å². The van der Waals surface area contributed by atoms with Gasteiger partial charge in [-0.2, -0.15) is 0 Å². The summed E-state index contributed by atoms with van der Waals surface area (Å²) in [7, 11) is 0. The monoisotopic (exact) mass is 262 g/mol. The zero-order valence-electron chi connectivity index (χ0n) is 1.97. The Morgan fingerprint density at radius 3 is 1.25 bits per heavy atom. The van der Waals surface area contributed by atoms with Crippen molar-refractivity contribution in [3.8, 4) is 0 Å². The Bertz CT molecular complexity index is 8.00. The van der Waals surface area contributed by atoms with Gasteiger partial charge in [0.25, 0.3) is 0 Å². The first-order chi connectivity index (χ1) is 2.00. The van der Waals surface area contributed by atoms with Crippen LogP contribution in [-0.2, 0) is 34.0 Å². The molecule has 0 aliphatic rings. The van der Waals surface area contributed by atoms with Crippen LogP contribution in [0.4, 0.5) is 0 Å². The minimum atomic E-state index is -0.0833. The van der Waals surface area contributed by atoms with Crippen molar-refractivity contribution in [2.24, 2.45) is 0 Å².